The van der Waals surface area contributed by atoms with Crippen LogP contribution < -0.4 is 5.56 Å². The first-order valence-corrected chi connectivity index (χ1v) is 5.98. The molecule has 0 atom stereocenters. The third-order valence-electron chi connectivity index (χ3n) is 2.63. The van der Waals surface area contributed by atoms with Gasteiger partial charge in [0.1, 0.15) is 5.82 Å². The third kappa shape index (κ3) is 2.47. The molecule has 0 fully saturated rings. The van der Waals surface area contributed by atoms with E-state index in [0.29, 0.717) is 11.0 Å². The lowest BCUT2D eigenvalue weighted by molar-refractivity contribution is 0.614. The first kappa shape index (κ1) is 12.0. The molecule has 0 amide bonds. The summed E-state index contributed by atoms with van der Waals surface area (Å²) in [5.41, 5.74) is 1.52. The Kier molecular flexibility index (Phi) is 3.43. The number of aromatic nitrogens is 1. The summed E-state index contributed by atoms with van der Waals surface area (Å²) in [6, 6.07) is 9.89. The van der Waals surface area contributed by atoms with Gasteiger partial charge < -0.3 is 4.57 Å². The zero-order chi connectivity index (χ0) is 12.4. The van der Waals surface area contributed by atoms with Crippen molar-refractivity contribution in [3.8, 4) is 0 Å². The Hall–Kier alpha value is -1.42. The highest BCUT2D eigenvalue weighted by molar-refractivity contribution is 9.10. The van der Waals surface area contributed by atoms with E-state index in [0.717, 1.165) is 11.3 Å². The molecule has 2 nitrogen and oxygen atoms in total. The van der Waals surface area contributed by atoms with E-state index in [4.69, 9.17) is 0 Å². The van der Waals surface area contributed by atoms with Gasteiger partial charge in [0.25, 0.3) is 5.56 Å². The van der Waals surface area contributed by atoms with Crippen molar-refractivity contribution in [2.75, 3.05) is 0 Å². The first-order chi connectivity index (χ1) is 8.09. The van der Waals surface area contributed by atoms with Crippen LogP contribution in [0.4, 0.5) is 4.39 Å². The smallest absolute Gasteiger partial charge is 0.251 e. The molecule has 0 aliphatic rings. The minimum absolute atomic E-state index is 0.0823. The fourth-order valence-electron chi connectivity index (χ4n) is 1.67. The Morgan fingerprint density at radius 3 is 2.65 bits per heavy atom. The topological polar surface area (TPSA) is 22.0 Å². The van der Waals surface area contributed by atoms with E-state index in [1.165, 1.54) is 12.1 Å². The third-order valence-corrected chi connectivity index (χ3v) is 3.52. The number of halogens is 2. The minimum Gasteiger partial charge on any atom is -0.308 e. The van der Waals surface area contributed by atoms with Crippen LogP contribution in [0, 0.1) is 12.7 Å². The van der Waals surface area contributed by atoms with Gasteiger partial charge in [0.15, 0.2) is 0 Å². The van der Waals surface area contributed by atoms with Crippen LogP contribution in [0.3, 0.4) is 0 Å². The van der Waals surface area contributed by atoms with Gasteiger partial charge in [-0.15, -0.1) is 0 Å². The number of nitrogens with zero attached hydrogens (tertiary/aromatic N) is 1. The zero-order valence-electron chi connectivity index (χ0n) is 9.28. The molecule has 1 aromatic heterocycles. The standard InChI is InChI=1S/C13H11BrFNO/c1-9-4-2-7-12(17)16(9)8-10-5-3-6-11(15)13(10)14/h2-7H,8H2,1H3. The Labute approximate surface area is 107 Å². The second-order valence-electron chi connectivity index (χ2n) is 3.80. The molecule has 0 aliphatic heterocycles. The number of benzene rings is 1. The summed E-state index contributed by atoms with van der Waals surface area (Å²) < 4.78 is 15.4. The van der Waals surface area contributed by atoms with E-state index < -0.39 is 0 Å². The van der Waals surface area contributed by atoms with E-state index in [1.54, 1.807) is 22.8 Å². The molecule has 2 rings (SSSR count). The van der Waals surface area contributed by atoms with Gasteiger partial charge in [-0.3, -0.25) is 4.79 Å². The molecule has 17 heavy (non-hydrogen) atoms. The molecule has 0 radical (unpaired) electrons. The molecule has 0 aliphatic carbocycles. The number of hydrogen-bond donors (Lipinski definition) is 0. The van der Waals surface area contributed by atoms with Crippen molar-refractivity contribution in [3.05, 3.63) is 68.3 Å². The van der Waals surface area contributed by atoms with Crippen LogP contribution in [0.2, 0.25) is 0 Å². The van der Waals surface area contributed by atoms with E-state index in [-0.39, 0.29) is 11.4 Å². The summed E-state index contributed by atoms with van der Waals surface area (Å²) in [5.74, 6) is -0.316. The van der Waals surface area contributed by atoms with Gasteiger partial charge in [-0.1, -0.05) is 18.2 Å². The Morgan fingerprint density at radius 1 is 1.24 bits per heavy atom. The molecule has 2 aromatic rings. The van der Waals surface area contributed by atoms with Gasteiger partial charge >= 0.3 is 0 Å². The highest BCUT2D eigenvalue weighted by Crippen LogP contribution is 2.21. The lowest BCUT2D eigenvalue weighted by atomic mass is 10.2. The van der Waals surface area contributed by atoms with Crippen molar-refractivity contribution in [2.24, 2.45) is 0 Å². The van der Waals surface area contributed by atoms with Crippen molar-refractivity contribution in [2.45, 2.75) is 13.5 Å². The van der Waals surface area contributed by atoms with Crippen LogP contribution in [0.25, 0.3) is 0 Å². The maximum absolute atomic E-state index is 13.3. The molecular weight excluding hydrogens is 285 g/mol. The second-order valence-corrected chi connectivity index (χ2v) is 4.60. The van der Waals surface area contributed by atoms with Crippen LogP contribution in [0.15, 0.2) is 45.7 Å². The molecule has 0 saturated carbocycles. The maximum Gasteiger partial charge on any atom is 0.251 e. The molecule has 88 valence electrons. The van der Waals surface area contributed by atoms with E-state index >= 15 is 0 Å². The van der Waals surface area contributed by atoms with Crippen molar-refractivity contribution >= 4 is 15.9 Å². The highest BCUT2D eigenvalue weighted by atomic mass is 79.9. The predicted octanol–water partition coefficient (Wildman–Crippen LogP) is 3.11. The van der Waals surface area contributed by atoms with Crippen molar-refractivity contribution in [3.63, 3.8) is 0 Å². The maximum atomic E-state index is 13.3. The molecular formula is C13H11BrFNO. The number of aryl methyl sites for hydroxylation is 1. The largest absolute Gasteiger partial charge is 0.308 e. The fraction of sp³-hybridized carbons (Fsp3) is 0.154. The number of pyridine rings is 1. The lowest BCUT2D eigenvalue weighted by Gasteiger charge is -2.11. The summed E-state index contributed by atoms with van der Waals surface area (Å²) in [6.07, 6.45) is 0. The predicted molar refractivity (Wildman–Crippen MR) is 68.6 cm³/mol. The van der Waals surface area contributed by atoms with E-state index in [1.807, 2.05) is 13.0 Å². The van der Waals surface area contributed by atoms with Crippen molar-refractivity contribution < 1.29 is 4.39 Å². The van der Waals surface area contributed by atoms with Crippen LogP contribution in [0.1, 0.15) is 11.3 Å². The van der Waals surface area contributed by atoms with Crippen LogP contribution in [-0.2, 0) is 6.54 Å². The first-order valence-electron chi connectivity index (χ1n) is 5.19. The van der Waals surface area contributed by atoms with Gasteiger partial charge in [0.2, 0.25) is 0 Å². The highest BCUT2D eigenvalue weighted by Gasteiger charge is 2.07. The average Bonchev–Trinajstić information content (AvgIpc) is 2.29. The van der Waals surface area contributed by atoms with Crippen LogP contribution >= 0.6 is 15.9 Å². The SMILES string of the molecule is Cc1cccc(=O)n1Cc1cccc(F)c1Br. The van der Waals surface area contributed by atoms with Crippen LogP contribution in [0.5, 0.6) is 0 Å². The summed E-state index contributed by atoms with van der Waals surface area (Å²) in [5, 5.41) is 0. The monoisotopic (exact) mass is 295 g/mol. The second kappa shape index (κ2) is 4.84. The van der Waals surface area contributed by atoms with Crippen LogP contribution in [-0.4, -0.2) is 4.57 Å². The molecule has 0 N–H and O–H groups in total. The van der Waals surface area contributed by atoms with Crippen molar-refractivity contribution in [1.82, 2.24) is 4.57 Å². The molecule has 0 spiro atoms. The molecule has 1 heterocycles. The number of rotatable bonds is 2. The molecule has 0 unspecified atom stereocenters. The summed E-state index contributed by atoms with van der Waals surface area (Å²) in [7, 11) is 0. The molecule has 0 saturated heterocycles. The Balaban J connectivity index is 2.45. The Morgan fingerprint density at radius 2 is 1.94 bits per heavy atom. The minimum atomic E-state index is -0.316. The van der Waals surface area contributed by atoms with Crippen molar-refractivity contribution in [1.29, 1.82) is 0 Å². The van der Waals surface area contributed by atoms with Gasteiger partial charge in [-0.2, -0.15) is 0 Å². The fourth-order valence-corrected chi connectivity index (χ4v) is 2.06. The van der Waals surface area contributed by atoms with Gasteiger partial charge in [-0.25, -0.2) is 4.39 Å². The molecule has 0 bridgehead atoms. The summed E-state index contributed by atoms with van der Waals surface area (Å²) in [4.78, 5) is 11.7. The molecule has 4 heteroatoms. The zero-order valence-corrected chi connectivity index (χ0v) is 10.9. The van der Waals surface area contributed by atoms with Gasteiger partial charge in [0.05, 0.1) is 11.0 Å². The summed E-state index contributed by atoms with van der Waals surface area (Å²) in [6.45, 7) is 2.22. The lowest BCUT2D eigenvalue weighted by Crippen LogP contribution is -2.21. The van der Waals surface area contributed by atoms with Gasteiger partial charge in [0, 0.05) is 11.8 Å². The van der Waals surface area contributed by atoms with Gasteiger partial charge in [-0.05, 0) is 40.5 Å². The normalized spacial score (nSPS) is 10.5. The summed E-state index contributed by atoms with van der Waals surface area (Å²) >= 11 is 3.20. The molecule has 1 aromatic carbocycles. The Bertz CT molecular complexity index is 607. The average molecular weight is 296 g/mol. The quantitative estimate of drug-likeness (QED) is 0.834. The van der Waals surface area contributed by atoms with E-state index in [9.17, 15) is 9.18 Å². The number of hydrogen-bond acceptors (Lipinski definition) is 1. The van der Waals surface area contributed by atoms with E-state index in [2.05, 4.69) is 15.9 Å².